The molecule has 2 N–H and O–H groups in total. The zero-order valence-electron chi connectivity index (χ0n) is 8.81. The molecule has 0 aliphatic rings. The van der Waals surface area contributed by atoms with E-state index in [9.17, 15) is 9.59 Å². The highest BCUT2D eigenvalue weighted by Crippen LogP contribution is 2.12. The van der Waals surface area contributed by atoms with Crippen molar-refractivity contribution in [1.82, 2.24) is 0 Å². The maximum atomic E-state index is 10.5. The Hall–Kier alpha value is -1.78. The molecule has 0 atom stereocenters. The van der Waals surface area contributed by atoms with E-state index in [1.807, 2.05) is 0 Å². The normalized spacial score (nSPS) is 10.2. The van der Waals surface area contributed by atoms with Gasteiger partial charge < -0.3 is 14.6 Å². The maximum Gasteiger partial charge on any atom is 0.371 e. The SMILES string of the molecule is O=C(O)CCCCCc1ccc(C(=O)O)o1. The molecule has 1 rings (SSSR count). The van der Waals surface area contributed by atoms with Crippen molar-refractivity contribution in [3.63, 3.8) is 0 Å². The van der Waals surface area contributed by atoms with Crippen LogP contribution in [0.1, 0.15) is 42.0 Å². The Morgan fingerprint density at radius 1 is 1.12 bits per heavy atom. The Labute approximate surface area is 92.7 Å². The fourth-order valence-corrected chi connectivity index (χ4v) is 1.38. The van der Waals surface area contributed by atoms with Crippen LogP contribution in [0.25, 0.3) is 0 Å². The largest absolute Gasteiger partial charge is 0.481 e. The topological polar surface area (TPSA) is 87.7 Å². The molecule has 1 aromatic heterocycles. The van der Waals surface area contributed by atoms with E-state index < -0.39 is 11.9 Å². The van der Waals surface area contributed by atoms with Crippen molar-refractivity contribution < 1.29 is 24.2 Å². The molecule has 1 aromatic rings. The van der Waals surface area contributed by atoms with Gasteiger partial charge in [-0.25, -0.2) is 4.79 Å². The summed E-state index contributed by atoms with van der Waals surface area (Å²) in [6, 6.07) is 3.07. The first kappa shape index (κ1) is 12.3. The second-order valence-electron chi connectivity index (χ2n) is 3.53. The van der Waals surface area contributed by atoms with Crippen LogP contribution < -0.4 is 0 Å². The Morgan fingerprint density at radius 2 is 1.88 bits per heavy atom. The summed E-state index contributed by atoms with van der Waals surface area (Å²) < 4.78 is 5.06. The predicted octanol–water partition coefficient (Wildman–Crippen LogP) is 2.17. The number of carbonyl (C=O) groups is 2. The summed E-state index contributed by atoms with van der Waals surface area (Å²) >= 11 is 0. The molecule has 0 bridgehead atoms. The first-order valence-corrected chi connectivity index (χ1v) is 5.13. The third-order valence-corrected chi connectivity index (χ3v) is 2.19. The number of furan rings is 1. The Bertz CT molecular complexity index is 366. The summed E-state index contributed by atoms with van der Waals surface area (Å²) in [6.07, 6.45) is 3.07. The average molecular weight is 226 g/mol. The van der Waals surface area contributed by atoms with E-state index in [0.29, 0.717) is 18.6 Å². The molecule has 0 unspecified atom stereocenters. The van der Waals surface area contributed by atoms with Crippen LogP contribution in [0.5, 0.6) is 0 Å². The minimum Gasteiger partial charge on any atom is -0.481 e. The van der Waals surface area contributed by atoms with E-state index in [1.165, 1.54) is 6.07 Å². The lowest BCUT2D eigenvalue weighted by Gasteiger charge is -1.97. The number of unbranched alkanes of at least 4 members (excludes halogenated alkanes) is 2. The van der Waals surface area contributed by atoms with Gasteiger partial charge in [0.2, 0.25) is 5.76 Å². The Balaban J connectivity index is 2.21. The fourth-order valence-electron chi connectivity index (χ4n) is 1.38. The van der Waals surface area contributed by atoms with E-state index in [2.05, 4.69) is 0 Å². The summed E-state index contributed by atoms with van der Waals surface area (Å²) in [5, 5.41) is 17.0. The highest BCUT2D eigenvalue weighted by Gasteiger charge is 2.08. The lowest BCUT2D eigenvalue weighted by molar-refractivity contribution is -0.137. The van der Waals surface area contributed by atoms with Crippen LogP contribution in [0.15, 0.2) is 16.5 Å². The van der Waals surface area contributed by atoms with Gasteiger partial charge in [-0.15, -0.1) is 0 Å². The van der Waals surface area contributed by atoms with E-state index in [-0.39, 0.29) is 12.2 Å². The molecule has 5 nitrogen and oxygen atoms in total. The van der Waals surface area contributed by atoms with Crippen LogP contribution >= 0.6 is 0 Å². The number of hydrogen-bond donors (Lipinski definition) is 2. The number of aromatic carboxylic acids is 1. The second-order valence-corrected chi connectivity index (χ2v) is 3.53. The zero-order chi connectivity index (χ0) is 12.0. The van der Waals surface area contributed by atoms with E-state index in [1.54, 1.807) is 6.07 Å². The van der Waals surface area contributed by atoms with Crippen molar-refractivity contribution in [3.8, 4) is 0 Å². The van der Waals surface area contributed by atoms with Crippen molar-refractivity contribution in [2.45, 2.75) is 32.1 Å². The summed E-state index contributed by atoms with van der Waals surface area (Å²) in [7, 11) is 0. The van der Waals surface area contributed by atoms with Crippen LogP contribution in [0.3, 0.4) is 0 Å². The molecule has 0 fully saturated rings. The number of aliphatic carboxylic acids is 1. The van der Waals surface area contributed by atoms with Gasteiger partial charge in [-0.1, -0.05) is 6.42 Å². The molecule has 88 valence electrons. The maximum absolute atomic E-state index is 10.5. The zero-order valence-corrected chi connectivity index (χ0v) is 8.81. The first-order chi connectivity index (χ1) is 7.59. The van der Waals surface area contributed by atoms with Crippen molar-refractivity contribution in [2.24, 2.45) is 0 Å². The van der Waals surface area contributed by atoms with Gasteiger partial charge in [0.1, 0.15) is 5.76 Å². The van der Waals surface area contributed by atoms with Crippen molar-refractivity contribution in [2.75, 3.05) is 0 Å². The second kappa shape index (κ2) is 5.95. The number of carboxylic acids is 2. The molecule has 0 amide bonds. The third-order valence-electron chi connectivity index (χ3n) is 2.19. The molecular formula is C11H14O5. The molecule has 0 aromatic carbocycles. The third kappa shape index (κ3) is 4.16. The predicted molar refractivity (Wildman–Crippen MR) is 55.5 cm³/mol. The van der Waals surface area contributed by atoms with Crippen LogP contribution in [0.2, 0.25) is 0 Å². The Kier molecular flexibility index (Phi) is 4.57. The van der Waals surface area contributed by atoms with Gasteiger partial charge in [-0.3, -0.25) is 4.79 Å². The van der Waals surface area contributed by atoms with Crippen LogP contribution in [0, 0.1) is 0 Å². The van der Waals surface area contributed by atoms with Crippen LogP contribution in [-0.4, -0.2) is 22.2 Å². The molecular weight excluding hydrogens is 212 g/mol. The molecule has 0 radical (unpaired) electrons. The quantitative estimate of drug-likeness (QED) is 0.695. The molecule has 16 heavy (non-hydrogen) atoms. The minimum absolute atomic E-state index is 0.0551. The van der Waals surface area contributed by atoms with Crippen LogP contribution in [0.4, 0.5) is 0 Å². The number of carboxylic acid groups (broad SMARTS) is 2. The van der Waals surface area contributed by atoms with E-state index >= 15 is 0 Å². The molecule has 0 saturated carbocycles. The van der Waals surface area contributed by atoms with Gasteiger partial charge in [0, 0.05) is 12.8 Å². The van der Waals surface area contributed by atoms with Crippen molar-refractivity contribution in [3.05, 3.63) is 23.7 Å². The molecule has 0 aliphatic carbocycles. The average Bonchev–Trinajstić information content (AvgIpc) is 2.65. The fraction of sp³-hybridized carbons (Fsp3) is 0.455. The van der Waals surface area contributed by atoms with Gasteiger partial charge in [-0.05, 0) is 25.0 Å². The van der Waals surface area contributed by atoms with Gasteiger partial charge in [0.25, 0.3) is 0 Å². The van der Waals surface area contributed by atoms with Crippen molar-refractivity contribution in [1.29, 1.82) is 0 Å². The molecule has 5 heteroatoms. The smallest absolute Gasteiger partial charge is 0.371 e. The summed E-state index contributed by atoms with van der Waals surface area (Å²) in [5.41, 5.74) is 0. The summed E-state index contributed by atoms with van der Waals surface area (Å²) in [4.78, 5) is 20.7. The first-order valence-electron chi connectivity index (χ1n) is 5.13. The molecule has 1 heterocycles. The molecule has 0 saturated heterocycles. The summed E-state index contributed by atoms with van der Waals surface area (Å²) in [6.45, 7) is 0. The highest BCUT2D eigenvalue weighted by molar-refractivity contribution is 5.84. The molecule has 0 aliphatic heterocycles. The summed E-state index contributed by atoms with van der Waals surface area (Å²) in [5.74, 6) is -1.28. The lowest BCUT2D eigenvalue weighted by Crippen LogP contribution is -1.94. The van der Waals surface area contributed by atoms with Gasteiger partial charge in [0.15, 0.2) is 0 Å². The number of rotatable bonds is 7. The monoisotopic (exact) mass is 226 g/mol. The Morgan fingerprint density at radius 3 is 2.44 bits per heavy atom. The van der Waals surface area contributed by atoms with Gasteiger partial charge in [0.05, 0.1) is 0 Å². The highest BCUT2D eigenvalue weighted by atomic mass is 16.4. The van der Waals surface area contributed by atoms with E-state index in [4.69, 9.17) is 14.6 Å². The standard InChI is InChI=1S/C11H14O5/c12-10(13)5-3-1-2-4-8-6-7-9(16-8)11(14)15/h6-7H,1-5H2,(H,12,13)(H,14,15). The van der Waals surface area contributed by atoms with Gasteiger partial charge in [-0.2, -0.15) is 0 Å². The van der Waals surface area contributed by atoms with Crippen LogP contribution in [-0.2, 0) is 11.2 Å². The number of aryl methyl sites for hydroxylation is 1. The minimum atomic E-state index is -1.07. The lowest BCUT2D eigenvalue weighted by atomic mass is 10.1. The van der Waals surface area contributed by atoms with Crippen molar-refractivity contribution >= 4 is 11.9 Å². The van der Waals surface area contributed by atoms with E-state index in [0.717, 1.165) is 12.8 Å². The molecule has 0 spiro atoms. The van der Waals surface area contributed by atoms with Gasteiger partial charge >= 0.3 is 11.9 Å². The number of hydrogen-bond acceptors (Lipinski definition) is 3.